The fraction of sp³-hybridized carbons (Fsp3) is 0.474. The third-order valence-corrected chi connectivity index (χ3v) is 4.42. The molecule has 2 heterocycles. The molecule has 0 saturated carbocycles. The van der Waals surface area contributed by atoms with Crippen molar-refractivity contribution in [2.45, 2.75) is 39.4 Å². The Hall–Kier alpha value is -2.50. The van der Waals surface area contributed by atoms with E-state index in [0.29, 0.717) is 12.5 Å². The van der Waals surface area contributed by atoms with Crippen LogP contribution >= 0.6 is 0 Å². The van der Waals surface area contributed by atoms with E-state index in [-0.39, 0.29) is 12.1 Å². The van der Waals surface area contributed by atoms with Crippen molar-refractivity contribution >= 4 is 11.7 Å². The smallest absolute Gasteiger partial charge is 0.315 e. The number of nitrogens with zero attached hydrogens (tertiary/aromatic N) is 3. The summed E-state index contributed by atoms with van der Waals surface area (Å²) >= 11 is 0. The largest absolute Gasteiger partial charge is 0.369 e. The van der Waals surface area contributed by atoms with Gasteiger partial charge >= 0.3 is 6.03 Å². The fourth-order valence-electron chi connectivity index (χ4n) is 3.21. The molecule has 1 aromatic carbocycles. The fourth-order valence-corrected chi connectivity index (χ4v) is 3.21. The van der Waals surface area contributed by atoms with E-state index in [1.807, 2.05) is 24.4 Å². The Morgan fingerprint density at radius 1 is 1.32 bits per heavy atom. The van der Waals surface area contributed by atoms with Crippen LogP contribution in [0.2, 0.25) is 0 Å². The van der Waals surface area contributed by atoms with Crippen molar-refractivity contribution in [1.82, 2.24) is 20.2 Å². The van der Waals surface area contributed by atoms with Gasteiger partial charge in [-0.05, 0) is 24.5 Å². The zero-order valence-electron chi connectivity index (χ0n) is 15.0. The molecule has 2 aromatic rings. The van der Waals surface area contributed by atoms with E-state index >= 15 is 0 Å². The van der Waals surface area contributed by atoms with Gasteiger partial charge in [-0.3, -0.25) is 0 Å². The molecule has 1 aliphatic rings. The van der Waals surface area contributed by atoms with Crippen LogP contribution in [0.5, 0.6) is 0 Å². The molecule has 0 radical (unpaired) electrons. The van der Waals surface area contributed by atoms with Crippen LogP contribution in [-0.4, -0.2) is 34.7 Å². The van der Waals surface area contributed by atoms with Gasteiger partial charge in [-0.15, -0.1) is 0 Å². The number of carbonyl (C=O) groups excluding carboxylic acids is 1. The van der Waals surface area contributed by atoms with Gasteiger partial charge in [-0.2, -0.15) is 0 Å². The molecule has 1 atom stereocenters. The first-order chi connectivity index (χ1) is 12.1. The summed E-state index contributed by atoms with van der Waals surface area (Å²) in [5.41, 5.74) is 1.21. The summed E-state index contributed by atoms with van der Waals surface area (Å²) < 4.78 is 2.09. The highest BCUT2D eigenvalue weighted by atomic mass is 16.2. The molecule has 2 N–H and O–H groups in total. The molecule has 1 fully saturated rings. The zero-order valence-corrected chi connectivity index (χ0v) is 15.0. The van der Waals surface area contributed by atoms with E-state index in [1.54, 1.807) is 6.20 Å². The van der Waals surface area contributed by atoms with E-state index in [2.05, 4.69) is 51.1 Å². The molecule has 25 heavy (non-hydrogen) atoms. The second kappa shape index (κ2) is 8.05. The van der Waals surface area contributed by atoms with Crippen molar-refractivity contribution in [3.63, 3.8) is 0 Å². The van der Waals surface area contributed by atoms with Crippen LogP contribution in [0.25, 0.3) is 0 Å². The Morgan fingerprint density at radius 2 is 2.12 bits per heavy atom. The SMILES string of the molecule is CC(C)Cn1ccnc1CNC(=O)N[C@H]1CCN(c2ccccc2)C1. The third kappa shape index (κ3) is 4.75. The highest BCUT2D eigenvalue weighted by molar-refractivity contribution is 5.74. The molecule has 6 nitrogen and oxygen atoms in total. The molecule has 0 aliphatic carbocycles. The molecule has 0 unspecified atom stereocenters. The van der Waals surface area contributed by atoms with Crippen LogP contribution in [-0.2, 0) is 13.1 Å². The standard InChI is InChI=1S/C19H27N5O/c1-15(2)13-24-11-9-20-18(24)12-21-19(25)22-16-8-10-23(14-16)17-6-4-3-5-7-17/h3-7,9,11,15-16H,8,10,12-14H2,1-2H3,(H2,21,22,25)/t16-/m0/s1. The zero-order chi connectivity index (χ0) is 17.6. The van der Waals surface area contributed by atoms with Crippen molar-refractivity contribution in [1.29, 1.82) is 0 Å². The lowest BCUT2D eigenvalue weighted by molar-refractivity contribution is 0.237. The Kier molecular flexibility index (Phi) is 5.58. The maximum atomic E-state index is 12.2. The maximum absolute atomic E-state index is 12.2. The Balaban J connectivity index is 1.45. The highest BCUT2D eigenvalue weighted by Crippen LogP contribution is 2.19. The van der Waals surface area contributed by atoms with E-state index in [1.165, 1.54) is 5.69 Å². The van der Waals surface area contributed by atoms with E-state index in [4.69, 9.17) is 0 Å². The number of rotatable bonds is 6. The number of benzene rings is 1. The van der Waals surface area contributed by atoms with E-state index in [0.717, 1.165) is 31.9 Å². The van der Waals surface area contributed by atoms with Gasteiger partial charge in [0.05, 0.1) is 6.54 Å². The predicted molar refractivity (Wildman–Crippen MR) is 99.5 cm³/mol. The van der Waals surface area contributed by atoms with Crippen LogP contribution in [0.4, 0.5) is 10.5 Å². The summed E-state index contributed by atoms with van der Waals surface area (Å²) in [6.45, 7) is 7.51. The van der Waals surface area contributed by atoms with Crippen LogP contribution in [0.15, 0.2) is 42.7 Å². The molecule has 1 aliphatic heterocycles. The van der Waals surface area contributed by atoms with Gasteiger partial charge in [0.2, 0.25) is 0 Å². The Bertz CT molecular complexity index is 682. The first-order valence-electron chi connectivity index (χ1n) is 8.96. The number of urea groups is 1. The summed E-state index contributed by atoms with van der Waals surface area (Å²) in [5.74, 6) is 1.44. The van der Waals surface area contributed by atoms with Crippen LogP contribution in [0.1, 0.15) is 26.1 Å². The number of imidazole rings is 1. The lowest BCUT2D eigenvalue weighted by Gasteiger charge is -2.19. The lowest BCUT2D eigenvalue weighted by Crippen LogP contribution is -2.43. The monoisotopic (exact) mass is 341 g/mol. The minimum atomic E-state index is -0.126. The topological polar surface area (TPSA) is 62.2 Å². The Labute approximate surface area is 149 Å². The van der Waals surface area contributed by atoms with Crippen LogP contribution < -0.4 is 15.5 Å². The molecule has 1 saturated heterocycles. The van der Waals surface area contributed by atoms with Gasteiger partial charge < -0.3 is 20.1 Å². The first kappa shape index (κ1) is 17.3. The number of nitrogens with one attached hydrogen (secondary N) is 2. The molecule has 6 heteroatoms. The highest BCUT2D eigenvalue weighted by Gasteiger charge is 2.23. The van der Waals surface area contributed by atoms with Gasteiger partial charge in [0.1, 0.15) is 5.82 Å². The predicted octanol–water partition coefficient (Wildman–Crippen LogP) is 2.62. The molecule has 0 bridgehead atoms. The third-order valence-electron chi connectivity index (χ3n) is 4.42. The van der Waals surface area contributed by atoms with Crippen molar-refractivity contribution in [3.8, 4) is 0 Å². The van der Waals surface area contributed by atoms with E-state index in [9.17, 15) is 4.79 Å². The number of carbonyl (C=O) groups is 1. The number of hydrogen-bond acceptors (Lipinski definition) is 3. The molecular formula is C19H27N5O. The van der Waals surface area contributed by atoms with Gasteiger partial charge in [-0.25, -0.2) is 9.78 Å². The molecule has 2 amide bonds. The maximum Gasteiger partial charge on any atom is 0.315 e. The summed E-state index contributed by atoms with van der Waals surface area (Å²) in [7, 11) is 0. The molecular weight excluding hydrogens is 314 g/mol. The first-order valence-corrected chi connectivity index (χ1v) is 8.96. The van der Waals surface area contributed by atoms with Gasteiger partial charge in [0, 0.05) is 43.8 Å². The minimum absolute atomic E-state index is 0.126. The molecule has 1 aromatic heterocycles. The van der Waals surface area contributed by atoms with Crippen molar-refractivity contribution in [2.75, 3.05) is 18.0 Å². The van der Waals surface area contributed by atoms with E-state index < -0.39 is 0 Å². The van der Waals surface area contributed by atoms with Gasteiger partial charge in [-0.1, -0.05) is 32.0 Å². The summed E-state index contributed by atoms with van der Waals surface area (Å²) in [4.78, 5) is 18.8. The van der Waals surface area contributed by atoms with Gasteiger partial charge in [0.25, 0.3) is 0 Å². The van der Waals surface area contributed by atoms with Gasteiger partial charge in [0.15, 0.2) is 0 Å². The quantitative estimate of drug-likeness (QED) is 0.849. The van der Waals surface area contributed by atoms with Crippen molar-refractivity contribution in [3.05, 3.63) is 48.5 Å². The van der Waals surface area contributed by atoms with Crippen molar-refractivity contribution < 1.29 is 4.79 Å². The summed E-state index contributed by atoms with van der Waals surface area (Å²) in [6, 6.07) is 10.4. The average Bonchev–Trinajstić information content (AvgIpc) is 3.23. The van der Waals surface area contributed by atoms with Crippen molar-refractivity contribution in [2.24, 2.45) is 5.92 Å². The molecule has 3 rings (SSSR count). The number of anilines is 1. The Morgan fingerprint density at radius 3 is 2.88 bits per heavy atom. The molecule has 0 spiro atoms. The van der Waals surface area contributed by atoms with Crippen LogP contribution in [0.3, 0.4) is 0 Å². The summed E-state index contributed by atoms with van der Waals surface area (Å²) in [5, 5.41) is 6.00. The number of hydrogen-bond donors (Lipinski definition) is 2. The lowest BCUT2D eigenvalue weighted by atomic mass is 10.2. The number of amides is 2. The second-order valence-corrected chi connectivity index (χ2v) is 6.98. The average molecular weight is 341 g/mol. The second-order valence-electron chi connectivity index (χ2n) is 6.98. The molecule has 134 valence electrons. The minimum Gasteiger partial charge on any atom is -0.369 e. The summed E-state index contributed by atoms with van der Waals surface area (Å²) in [6.07, 6.45) is 4.71. The number of aromatic nitrogens is 2. The van der Waals surface area contributed by atoms with Crippen LogP contribution in [0, 0.1) is 5.92 Å². The number of para-hydroxylation sites is 1. The normalized spacial score (nSPS) is 17.1.